The summed E-state index contributed by atoms with van der Waals surface area (Å²) in [7, 11) is 0. The van der Waals surface area contributed by atoms with Crippen molar-refractivity contribution in [3.05, 3.63) is 23.5 Å². The largest absolute Gasteiger partial charge is 0.511 e. The van der Waals surface area contributed by atoms with Gasteiger partial charge in [-0.15, -0.1) is 0 Å². The zero-order chi connectivity index (χ0) is 21.6. The highest BCUT2D eigenvalue weighted by Crippen LogP contribution is 2.70. The molecule has 8 heteroatoms. The van der Waals surface area contributed by atoms with E-state index in [1.807, 2.05) is 0 Å². The van der Waals surface area contributed by atoms with Crippen molar-refractivity contribution in [1.82, 2.24) is 0 Å². The van der Waals surface area contributed by atoms with Gasteiger partial charge in [-0.2, -0.15) is 0 Å². The number of hydrogen-bond acceptors (Lipinski definition) is 6. The highest BCUT2D eigenvalue weighted by Gasteiger charge is 2.75. The van der Waals surface area contributed by atoms with Gasteiger partial charge in [-0.3, -0.25) is 9.59 Å². The molecule has 160 valence electrons. The lowest BCUT2D eigenvalue weighted by Crippen LogP contribution is -2.66. The van der Waals surface area contributed by atoms with Gasteiger partial charge < -0.3 is 20.4 Å². The first-order chi connectivity index (χ1) is 13.4. The van der Waals surface area contributed by atoms with Crippen molar-refractivity contribution >= 4 is 11.6 Å². The van der Waals surface area contributed by atoms with E-state index in [4.69, 9.17) is 0 Å². The molecule has 0 heterocycles. The van der Waals surface area contributed by atoms with Crippen LogP contribution >= 0.6 is 0 Å². The Bertz CT molecular complexity index is 854. The Morgan fingerprint density at radius 3 is 2.48 bits per heavy atom. The molecule has 0 bridgehead atoms. The van der Waals surface area contributed by atoms with Crippen LogP contribution < -0.4 is 0 Å². The maximum Gasteiger partial charge on any atom is 0.192 e. The molecule has 0 saturated heterocycles. The summed E-state index contributed by atoms with van der Waals surface area (Å²) in [6.07, 6.45) is -1.87. The minimum Gasteiger partial charge on any atom is -0.511 e. The van der Waals surface area contributed by atoms with E-state index >= 15 is 8.78 Å². The lowest BCUT2D eigenvalue weighted by Gasteiger charge is -2.61. The van der Waals surface area contributed by atoms with Gasteiger partial charge in [-0.25, -0.2) is 8.78 Å². The summed E-state index contributed by atoms with van der Waals surface area (Å²) in [6, 6.07) is 0. The Hall–Kier alpha value is -1.64. The highest BCUT2D eigenvalue weighted by atomic mass is 19.1. The molecule has 4 aliphatic rings. The normalized spacial score (nSPS) is 51.5. The molecule has 0 aliphatic heterocycles. The summed E-state index contributed by atoms with van der Waals surface area (Å²) >= 11 is 0. The molecule has 6 nitrogen and oxygen atoms in total. The number of rotatable bonds is 2. The second kappa shape index (κ2) is 5.95. The average Bonchev–Trinajstić information content (AvgIpc) is 2.87. The fourth-order valence-electron chi connectivity index (χ4n) is 6.83. The number of alkyl halides is 2. The number of carbonyl (C=O) groups is 2. The predicted molar refractivity (Wildman–Crippen MR) is 97.2 cm³/mol. The molecule has 0 radical (unpaired) electrons. The topological polar surface area (TPSA) is 115 Å². The third-order valence-corrected chi connectivity index (χ3v) is 8.59. The molecule has 0 aromatic rings. The number of allylic oxidation sites excluding steroid dienone is 3. The number of fused-ring (bicyclic) bond motifs is 5. The second-order valence-electron chi connectivity index (χ2n) is 9.45. The minimum atomic E-state index is -2.25. The third kappa shape index (κ3) is 2.15. The first-order valence-corrected chi connectivity index (χ1v) is 9.92. The molecule has 29 heavy (non-hydrogen) atoms. The lowest BCUT2D eigenvalue weighted by molar-refractivity contribution is -0.194. The quantitative estimate of drug-likeness (QED) is 0.546. The van der Waals surface area contributed by atoms with Crippen molar-refractivity contribution in [3.8, 4) is 0 Å². The van der Waals surface area contributed by atoms with E-state index in [9.17, 15) is 30.0 Å². The van der Waals surface area contributed by atoms with Crippen LogP contribution in [-0.4, -0.2) is 62.1 Å². The van der Waals surface area contributed by atoms with Gasteiger partial charge in [0.25, 0.3) is 0 Å². The SMILES string of the molecule is CC12C(O)=CC(=O)C=C1[C@@H](F)CC1[C@@H]3C[C@@H](O)[C@](O)(C(=O)CO)[C@@]3(C)CCC12F. The maximum absolute atomic E-state index is 16.7. The van der Waals surface area contributed by atoms with E-state index in [-0.39, 0.29) is 31.3 Å². The summed E-state index contributed by atoms with van der Waals surface area (Å²) in [6.45, 7) is 1.99. The van der Waals surface area contributed by atoms with Gasteiger partial charge in [0.15, 0.2) is 17.2 Å². The third-order valence-electron chi connectivity index (χ3n) is 8.59. The first-order valence-electron chi connectivity index (χ1n) is 9.92. The van der Waals surface area contributed by atoms with Crippen LogP contribution in [0.25, 0.3) is 0 Å². The van der Waals surface area contributed by atoms with E-state index in [1.54, 1.807) is 6.92 Å². The zero-order valence-electron chi connectivity index (χ0n) is 16.4. The number of aliphatic hydroxyl groups is 4. The molecular weight excluding hydrogens is 386 g/mol. The minimum absolute atomic E-state index is 0.00891. The summed E-state index contributed by atoms with van der Waals surface area (Å²) in [4.78, 5) is 24.2. The first kappa shape index (κ1) is 20.6. The monoisotopic (exact) mass is 412 g/mol. The van der Waals surface area contributed by atoms with E-state index in [0.29, 0.717) is 0 Å². The summed E-state index contributed by atoms with van der Waals surface area (Å²) in [5.74, 6) is -3.82. The Balaban J connectivity index is 1.84. The smallest absolute Gasteiger partial charge is 0.192 e. The van der Waals surface area contributed by atoms with Crippen LogP contribution in [0.1, 0.15) is 39.5 Å². The molecule has 4 rings (SSSR count). The summed E-state index contributed by atoms with van der Waals surface area (Å²) in [5.41, 5.74) is -7.47. The van der Waals surface area contributed by atoms with Crippen molar-refractivity contribution in [3.63, 3.8) is 0 Å². The maximum atomic E-state index is 16.7. The van der Waals surface area contributed by atoms with E-state index < -0.39 is 70.1 Å². The number of ketones is 2. The fraction of sp³-hybridized carbons (Fsp3) is 0.714. The molecule has 0 amide bonds. The number of halogens is 2. The van der Waals surface area contributed by atoms with Gasteiger partial charge in [0.2, 0.25) is 0 Å². The Labute approximate surface area is 166 Å². The van der Waals surface area contributed by atoms with Gasteiger partial charge in [-0.1, -0.05) is 6.92 Å². The molecule has 0 spiro atoms. The molecule has 8 atom stereocenters. The summed E-state index contributed by atoms with van der Waals surface area (Å²) in [5, 5.41) is 41.5. The van der Waals surface area contributed by atoms with Crippen LogP contribution in [0, 0.1) is 22.7 Å². The number of carbonyl (C=O) groups excluding carboxylic acids is 2. The molecule has 3 unspecified atom stereocenters. The highest BCUT2D eigenvalue weighted by molar-refractivity contribution is 6.02. The van der Waals surface area contributed by atoms with Crippen molar-refractivity contribution in [2.45, 2.75) is 63.1 Å². The van der Waals surface area contributed by atoms with Crippen LogP contribution in [0.4, 0.5) is 8.78 Å². The second-order valence-corrected chi connectivity index (χ2v) is 9.45. The fourth-order valence-corrected chi connectivity index (χ4v) is 6.83. The number of Topliss-reactive ketones (excluding diaryl/α,β-unsaturated/α-hetero) is 1. The van der Waals surface area contributed by atoms with Gasteiger partial charge in [0.1, 0.15) is 24.2 Å². The van der Waals surface area contributed by atoms with Crippen molar-refractivity contribution < 1.29 is 38.8 Å². The van der Waals surface area contributed by atoms with E-state index in [0.717, 1.165) is 12.2 Å². The van der Waals surface area contributed by atoms with Crippen molar-refractivity contribution in [2.75, 3.05) is 6.61 Å². The van der Waals surface area contributed by atoms with E-state index in [1.165, 1.54) is 6.92 Å². The number of hydrogen-bond donors (Lipinski definition) is 4. The zero-order valence-corrected chi connectivity index (χ0v) is 16.4. The lowest BCUT2D eigenvalue weighted by atomic mass is 9.45. The van der Waals surface area contributed by atoms with Gasteiger partial charge >= 0.3 is 0 Å². The van der Waals surface area contributed by atoms with Crippen LogP contribution in [0.15, 0.2) is 23.5 Å². The van der Waals surface area contributed by atoms with Gasteiger partial charge in [-0.05, 0) is 50.2 Å². The Morgan fingerprint density at radius 2 is 1.86 bits per heavy atom. The number of aliphatic hydroxyl groups excluding tert-OH is 3. The predicted octanol–water partition coefficient (Wildman–Crippen LogP) is 1.48. The average molecular weight is 412 g/mol. The van der Waals surface area contributed by atoms with Crippen molar-refractivity contribution in [2.24, 2.45) is 22.7 Å². The van der Waals surface area contributed by atoms with Crippen LogP contribution in [0.2, 0.25) is 0 Å². The molecular formula is C21H26F2O6. The van der Waals surface area contributed by atoms with Crippen LogP contribution in [0.3, 0.4) is 0 Å². The summed E-state index contributed by atoms with van der Waals surface area (Å²) < 4.78 is 31.9. The molecule has 0 aromatic heterocycles. The Kier molecular flexibility index (Phi) is 4.23. The van der Waals surface area contributed by atoms with Crippen LogP contribution in [0.5, 0.6) is 0 Å². The Morgan fingerprint density at radius 1 is 1.21 bits per heavy atom. The van der Waals surface area contributed by atoms with Crippen molar-refractivity contribution in [1.29, 1.82) is 0 Å². The van der Waals surface area contributed by atoms with Gasteiger partial charge in [0, 0.05) is 17.4 Å². The molecule has 0 aromatic carbocycles. The molecule has 3 fully saturated rings. The van der Waals surface area contributed by atoms with Gasteiger partial charge in [0.05, 0.1) is 11.5 Å². The van der Waals surface area contributed by atoms with E-state index in [2.05, 4.69) is 0 Å². The standard InChI is InChI=1S/C21H26F2O6/c1-18-3-4-20(23)12(11(18)8-16(27)21(18,29)17(28)9-24)7-14(22)13-5-10(25)6-15(26)19(13,20)2/h5-6,11-12,14,16,24,26-27,29H,3-4,7-9H2,1-2H3/t11-,12?,14-,16+,18-,19?,20?,21-/m0/s1. The molecule has 3 saturated carbocycles. The van der Waals surface area contributed by atoms with Crippen LogP contribution in [-0.2, 0) is 9.59 Å². The molecule has 4 N–H and O–H groups in total. The molecule has 4 aliphatic carbocycles.